The highest BCUT2D eigenvalue weighted by atomic mass is 16.1. The van der Waals surface area contributed by atoms with Gasteiger partial charge in [0.25, 0.3) is 0 Å². The lowest BCUT2D eigenvalue weighted by Gasteiger charge is -1.98. The smallest absolute Gasteiger partial charge is 0.217 e. The second-order valence-corrected chi connectivity index (χ2v) is 6.68. The van der Waals surface area contributed by atoms with Crippen molar-refractivity contribution in [3.63, 3.8) is 0 Å². The number of hydrogen-bond donors (Lipinski definition) is 2. The van der Waals surface area contributed by atoms with Gasteiger partial charge in [-0.1, -0.05) is 90.9 Å². The fourth-order valence-electron chi connectivity index (χ4n) is 2.51. The van der Waals surface area contributed by atoms with Crippen molar-refractivity contribution < 1.29 is 9.59 Å². The maximum Gasteiger partial charge on any atom is 0.217 e. The second-order valence-electron chi connectivity index (χ2n) is 6.68. The molecule has 0 spiro atoms. The minimum absolute atomic E-state index is 0.163. The van der Waals surface area contributed by atoms with Crippen LogP contribution in [-0.4, -0.2) is 11.8 Å². The number of nitrogens with two attached hydrogens (primary N) is 2. The van der Waals surface area contributed by atoms with E-state index in [1.807, 2.05) is 0 Å². The fraction of sp³-hybridized carbons (Fsp3) is 0.818. The van der Waals surface area contributed by atoms with E-state index in [0.717, 1.165) is 25.7 Å². The maximum absolute atomic E-state index is 10.4. The molecule has 0 atom stereocenters. The molecule has 4 nitrogen and oxygen atoms in total. The molecular weight excluding hydrogens is 324 g/mol. The minimum atomic E-state index is -0.163. The van der Waals surface area contributed by atoms with Crippen molar-refractivity contribution >= 4 is 11.8 Å². The number of amides is 2. The summed E-state index contributed by atoms with van der Waals surface area (Å²) >= 11 is 0. The largest absolute Gasteiger partial charge is 0.370 e. The molecule has 0 aliphatic heterocycles. The van der Waals surface area contributed by atoms with E-state index in [2.05, 4.69) is 27.0 Å². The number of carbonyl (C=O) groups excluding carboxylic acids is 2. The van der Waals surface area contributed by atoms with Crippen LogP contribution in [0.15, 0.2) is 13.2 Å². The maximum atomic E-state index is 10.4. The molecule has 0 radical (unpaired) electrons. The van der Waals surface area contributed by atoms with E-state index in [0.29, 0.717) is 12.8 Å². The Morgan fingerprint density at radius 2 is 0.769 bits per heavy atom. The van der Waals surface area contributed by atoms with E-state index < -0.39 is 0 Å². The van der Waals surface area contributed by atoms with Crippen LogP contribution in [0.4, 0.5) is 0 Å². The Hall–Kier alpha value is -1.32. The summed E-state index contributed by atoms with van der Waals surface area (Å²) in [4.78, 5) is 20.7. The molecule has 4 N–H and O–H groups in total. The average molecular weight is 371 g/mol. The monoisotopic (exact) mass is 370 g/mol. The summed E-state index contributed by atoms with van der Waals surface area (Å²) in [5, 5.41) is 0. The molecule has 0 saturated heterocycles. The van der Waals surface area contributed by atoms with Gasteiger partial charge in [0.1, 0.15) is 0 Å². The lowest BCUT2D eigenvalue weighted by molar-refractivity contribution is -0.119. The van der Waals surface area contributed by atoms with Crippen molar-refractivity contribution in [3.05, 3.63) is 13.2 Å². The molecule has 0 aromatic rings. The highest BCUT2D eigenvalue weighted by Gasteiger charge is 1.95. The minimum Gasteiger partial charge on any atom is -0.370 e. The van der Waals surface area contributed by atoms with Gasteiger partial charge < -0.3 is 11.5 Å². The summed E-state index contributed by atoms with van der Waals surface area (Å²) in [5.41, 5.74) is 10.0. The summed E-state index contributed by atoms with van der Waals surface area (Å²) in [7, 11) is 0. The number of primary amides is 2. The molecule has 0 aliphatic rings. The number of unbranched alkanes of at least 4 members (excludes halogenated alkanes) is 12. The molecule has 0 heterocycles. The van der Waals surface area contributed by atoms with Crippen molar-refractivity contribution in [2.75, 3.05) is 0 Å². The van der Waals surface area contributed by atoms with Crippen molar-refractivity contribution in [2.45, 2.75) is 117 Å². The van der Waals surface area contributed by atoms with Crippen LogP contribution in [0.1, 0.15) is 117 Å². The Kier molecular flexibility index (Phi) is 32.3. The van der Waals surface area contributed by atoms with Crippen LogP contribution in [0.25, 0.3) is 0 Å². The zero-order valence-electron chi connectivity index (χ0n) is 17.7. The topological polar surface area (TPSA) is 86.2 Å². The molecule has 0 rings (SSSR count). The molecule has 0 saturated carbocycles. The lowest BCUT2D eigenvalue weighted by atomic mass is 10.1. The third-order valence-corrected chi connectivity index (χ3v) is 4.05. The quantitative estimate of drug-likeness (QED) is 0.257. The molecule has 0 aliphatic carbocycles. The van der Waals surface area contributed by atoms with Gasteiger partial charge in [0.15, 0.2) is 0 Å². The molecule has 0 unspecified atom stereocenters. The van der Waals surface area contributed by atoms with E-state index in [1.165, 1.54) is 64.2 Å². The first-order valence-electron chi connectivity index (χ1n) is 10.6. The highest BCUT2D eigenvalue weighted by Crippen LogP contribution is 2.08. The number of rotatable bonds is 16. The zero-order valence-corrected chi connectivity index (χ0v) is 17.7. The van der Waals surface area contributed by atoms with Crippen LogP contribution >= 0.6 is 0 Å². The Morgan fingerprint density at radius 1 is 0.538 bits per heavy atom. The zero-order chi connectivity index (χ0) is 20.5. The molecule has 0 aromatic carbocycles. The molecule has 0 fully saturated rings. The average Bonchev–Trinajstić information content (AvgIpc) is 2.62. The van der Waals surface area contributed by atoms with Gasteiger partial charge >= 0.3 is 0 Å². The third kappa shape index (κ3) is 38.3. The molecule has 0 aromatic heterocycles. The van der Waals surface area contributed by atoms with Gasteiger partial charge in [0, 0.05) is 12.8 Å². The van der Waals surface area contributed by atoms with Gasteiger partial charge in [-0.15, -0.1) is 13.2 Å². The highest BCUT2D eigenvalue weighted by molar-refractivity contribution is 5.73. The van der Waals surface area contributed by atoms with Gasteiger partial charge in [0.2, 0.25) is 11.8 Å². The number of hydrogen-bond acceptors (Lipinski definition) is 2. The summed E-state index contributed by atoms with van der Waals surface area (Å²) in [6, 6.07) is 0. The van der Waals surface area contributed by atoms with Crippen LogP contribution in [0.2, 0.25) is 0 Å². The van der Waals surface area contributed by atoms with E-state index in [4.69, 9.17) is 11.5 Å². The van der Waals surface area contributed by atoms with E-state index in [9.17, 15) is 9.59 Å². The van der Waals surface area contributed by atoms with E-state index >= 15 is 0 Å². The van der Waals surface area contributed by atoms with Crippen LogP contribution < -0.4 is 11.5 Å². The predicted octanol–water partition coefficient (Wildman–Crippen LogP) is 6.03. The third-order valence-electron chi connectivity index (χ3n) is 4.05. The SMILES string of the molecule is C=C.CCCCCCCCCC(N)=O.CCCCCCCCCC(N)=O. The summed E-state index contributed by atoms with van der Waals surface area (Å²) < 4.78 is 0. The van der Waals surface area contributed by atoms with Gasteiger partial charge in [-0.05, 0) is 12.8 Å². The van der Waals surface area contributed by atoms with E-state index in [-0.39, 0.29) is 11.8 Å². The summed E-state index contributed by atoms with van der Waals surface area (Å²) in [6.07, 6.45) is 18.5. The molecule has 156 valence electrons. The fourth-order valence-corrected chi connectivity index (χ4v) is 2.51. The predicted molar refractivity (Wildman–Crippen MR) is 115 cm³/mol. The molecule has 26 heavy (non-hydrogen) atoms. The normalized spacial score (nSPS) is 9.46. The standard InChI is InChI=1S/2C10H21NO.C2H4/c2*1-2-3-4-5-6-7-8-9-10(11)12;1-2/h2*2-9H2,1H3,(H2,11,12);1-2H2. The molecule has 2 amide bonds. The van der Waals surface area contributed by atoms with Crippen molar-refractivity contribution in [2.24, 2.45) is 11.5 Å². The first-order chi connectivity index (χ1) is 12.5. The Labute approximate surface area is 163 Å². The van der Waals surface area contributed by atoms with Gasteiger partial charge in [-0.2, -0.15) is 0 Å². The van der Waals surface area contributed by atoms with Crippen molar-refractivity contribution in [3.8, 4) is 0 Å². The van der Waals surface area contributed by atoms with Gasteiger partial charge in [-0.3, -0.25) is 9.59 Å². The number of carbonyl (C=O) groups is 2. The van der Waals surface area contributed by atoms with Crippen molar-refractivity contribution in [1.82, 2.24) is 0 Å². The van der Waals surface area contributed by atoms with Crippen LogP contribution in [0, 0.1) is 0 Å². The Bertz CT molecular complexity index is 266. The first-order valence-corrected chi connectivity index (χ1v) is 10.6. The second kappa shape index (κ2) is 28.5. The van der Waals surface area contributed by atoms with Gasteiger partial charge in [-0.25, -0.2) is 0 Å². The summed E-state index contributed by atoms with van der Waals surface area (Å²) in [5.74, 6) is -0.327. The Morgan fingerprint density at radius 3 is 1.00 bits per heavy atom. The van der Waals surface area contributed by atoms with Crippen LogP contribution in [0.5, 0.6) is 0 Å². The van der Waals surface area contributed by atoms with E-state index in [1.54, 1.807) is 0 Å². The molecule has 4 heteroatoms. The molecular formula is C22H46N2O2. The Balaban J connectivity index is -0.000000371. The van der Waals surface area contributed by atoms with Crippen LogP contribution in [0.3, 0.4) is 0 Å². The lowest BCUT2D eigenvalue weighted by Crippen LogP contribution is -2.09. The summed E-state index contributed by atoms with van der Waals surface area (Å²) in [6.45, 7) is 10.4. The molecule has 0 bridgehead atoms. The van der Waals surface area contributed by atoms with Crippen LogP contribution in [-0.2, 0) is 9.59 Å². The van der Waals surface area contributed by atoms with Gasteiger partial charge in [0.05, 0.1) is 0 Å². The first kappa shape index (κ1) is 29.4. The van der Waals surface area contributed by atoms with Crippen molar-refractivity contribution in [1.29, 1.82) is 0 Å².